The molecule has 0 radical (unpaired) electrons. The predicted octanol–water partition coefficient (Wildman–Crippen LogP) is 7.63. The van der Waals surface area contributed by atoms with Crippen molar-refractivity contribution in [1.29, 1.82) is 0 Å². The first-order valence-electron chi connectivity index (χ1n) is 19.9. The maximum Gasteiger partial charge on any atom is 0.00418 e. The van der Waals surface area contributed by atoms with Crippen LogP contribution in [0.3, 0.4) is 0 Å². The minimum Gasteiger partial charge on any atom is -1.00 e. The average molecular weight is 883 g/mol. The number of rotatable bonds is 3. The smallest absolute Gasteiger partial charge is 0.00418 e. The molecule has 4 heteroatoms. The van der Waals surface area contributed by atoms with Gasteiger partial charge in [-0.25, -0.2) is 6.07 Å². The molecule has 0 aromatic heterocycles. The minimum atomic E-state index is -1.06. The number of aryl methyl sites for hydroxylation is 2. The molecule has 0 amide bonds. The van der Waals surface area contributed by atoms with Gasteiger partial charge in [-0.2, -0.15) is 51.7 Å². The fourth-order valence-electron chi connectivity index (χ4n) is 7.04. The van der Waals surface area contributed by atoms with Crippen molar-refractivity contribution in [3.63, 3.8) is 0 Å². The normalized spacial score (nSPS) is 12.5. The van der Waals surface area contributed by atoms with Crippen LogP contribution in [0.25, 0.3) is 11.1 Å². The van der Waals surface area contributed by atoms with Crippen LogP contribution in [-0.2, 0) is 52.3 Å². The Bertz CT molecular complexity index is 1940. The molecule has 5 aromatic rings. The Morgan fingerprint density at radius 2 is 0.982 bits per heavy atom. The summed E-state index contributed by atoms with van der Waals surface area (Å²) in [7, 11) is -1.06. The van der Waals surface area contributed by atoms with E-state index in [0.717, 1.165) is 6.42 Å². The fourth-order valence-corrected chi connectivity index (χ4v) is 9.77. The number of hydrogen-bond acceptors (Lipinski definition) is 0. The summed E-state index contributed by atoms with van der Waals surface area (Å²) in [5.41, 5.74) is 17.6. The molecule has 0 nitrogen and oxygen atoms in total. The molecule has 0 aliphatic heterocycles. The Morgan fingerprint density at radius 1 is 0.571 bits per heavy atom. The Balaban J connectivity index is 0.000000300. The van der Waals surface area contributed by atoms with E-state index in [-0.39, 0.29) is 46.5 Å². The van der Waals surface area contributed by atoms with Gasteiger partial charge in [-0.05, 0) is 17.4 Å². The van der Waals surface area contributed by atoms with Crippen LogP contribution in [0.1, 0.15) is 139 Å². The quantitative estimate of drug-likeness (QED) is 0.127. The van der Waals surface area contributed by atoms with Crippen LogP contribution in [0.4, 0.5) is 0 Å². The Hall–Kier alpha value is -2.22. The molecule has 0 atom stereocenters. The van der Waals surface area contributed by atoms with E-state index in [4.69, 9.17) is 0 Å². The first-order valence-corrected chi connectivity index (χ1v) is 24.6. The summed E-state index contributed by atoms with van der Waals surface area (Å²) in [4.78, 5) is 0. The molecule has 0 unspecified atom stereocenters. The van der Waals surface area contributed by atoms with Crippen molar-refractivity contribution in [3.8, 4) is 11.1 Å². The fraction of sp³-hybridized carbons (Fsp3) is 0.423. The summed E-state index contributed by atoms with van der Waals surface area (Å²) in [5, 5.41) is 1.62. The monoisotopic (exact) mass is 880 g/mol. The van der Waals surface area contributed by atoms with Crippen LogP contribution in [-0.4, -0.2) is 11.3 Å². The molecule has 1 aliphatic carbocycles. The maximum absolute atomic E-state index is 3.53. The third kappa shape index (κ3) is 12.9. The molecule has 5 aromatic carbocycles. The molecule has 56 heavy (non-hydrogen) atoms. The van der Waals surface area contributed by atoms with E-state index in [9.17, 15) is 0 Å². The number of halogens is 2. The van der Waals surface area contributed by atoms with Crippen molar-refractivity contribution >= 4 is 16.5 Å². The van der Waals surface area contributed by atoms with Crippen LogP contribution in [0.5, 0.6) is 0 Å². The van der Waals surface area contributed by atoms with Crippen LogP contribution >= 0.6 is 0 Å². The zero-order chi connectivity index (χ0) is 40.6. The molecule has 0 bridgehead atoms. The van der Waals surface area contributed by atoms with E-state index in [0.29, 0.717) is 0 Å². The van der Waals surface area contributed by atoms with E-state index < -0.39 is 8.07 Å². The van der Waals surface area contributed by atoms with Crippen molar-refractivity contribution in [2.45, 2.75) is 145 Å². The van der Waals surface area contributed by atoms with Gasteiger partial charge >= 0.3 is 151 Å². The first kappa shape index (κ1) is 49.9. The second kappa shape index (κ2) is 18.8. The van der Waals surface area contributed by atoms with Gasteiger partial charge in [0.25, 0.3) is 0 Å². The van der Waals surface area contributed by atoms with Crippen molar-refractivity contribution in [2.24, 2.45) is 0 Å². The Labute approximate surface area is 371 Å². The van der Waals surface area contributed by atoms with Crippen molar-refractivity contribution < 1.29 is 49.0 Å². The molecular formula is C52H68Cl2SiZr-2. The summed E-state index contributed by atoms with van der Waals surface area (Å²) in [5.74, 6) is 0. The molecule has 1 aliphatic rings. The standard InChI is InChI=1S/C21H25.C21H26.C10H17Si.2ClH.Zr/c1-20(2,3)16-9-7-14-11-15-8-10-17(21(4,5)6)13-19(15)18(14)12-16;1-20(2,3)18-11-7-16(8-12-18)15-17-9-13-19(14-10-17)21(4,5)6;1-8-6-9(2)10(7-8)11(3,4)5;;;/h7,9-10,12-13H,11H2,1-6H3;7-14H,1-6H3;6-7H,1-5H3;2*1H;/q-1;;-1;;;+2/p-2. The van der Waals surface area contributed by atoms with Gasteiger partial charge in [0.05, 0.1) is 0 Å². The van der Waals surface area contributed by atoms with Crippen LogP contribution in [0.2, 0.25) is 19.6 Å². The summed E-state index contributed by atoms with van der Waals surface area (Å²) in [6.45, 7) is 38.8. The van der Waals surface area contributed by atoms with Gasteiger partial charge in [-0.15, -0.1) is 5.56 Å². The maximum atomic E-state index is 3.53. The predicted molar refractivity (Wildman–Crippen MR) is 239 cm³/mol. The molecule has 0 N–H and O–H groups in total. The Morgan fingerprint density at radius 3 is 1.34 bits per heavy atom. The average Bonchev–Trinajstić information content (AvgIpc) is 3.61. The number of fused-ring (bicyclic) bond motifs is 3. The molecule has 0 heterocycles. The van der Waals surface area contributed by atoms with Gasteiger partial charge < -0.3 is 24.8 Å². The molecular weight excluding hydrogens is 815 g/mol. The summed E-state index contributed by atoms with van der Waals surface area (Å²) >= 11 is 1.46. The second-order valence-electron chi connectivity index (χ2n) is 20.7. The second-order valence-corrected chi connectivity index (χ2v) is 27.0. The molecule has 0 fully saturated rings. The van der Waals surface area contributed by atoms with Gasteiger partial charge in [0.2, 0.25) is 0 Å². The Kier molecular flexibility index (Phi) is 16.8. The summed E-state index contributed by atoms with van der Waals surface area (Å²) < 4.78 is 1.42. The SMILES string of the molecule is CC(C)(C)c1c[c-]c2c(c1)-c1cc(C(C)(C)C)ccc1C2.CC(C)(C)c1ccc([C](=[Zr+2])c2ccc(C(C)(C)C)cc2)cc1.Cc1cc([Si](C)(C)C)c(C)[cH-]1.[Cl-].[Cl-]. The minimum absolute atomic E-state index is 0. The van der Waals surface area contributed by atoms with Crippen LogP contribution in [0, 0.1) is 19.9 Å². The zero-order valence-electron chi connectivity index (χ0n) is 37.6. The largest absolute Gasteiger partial charge is 1.00 e. The van der Waals surface area contributed by atoms with Crippen LogP contribution < -0.4 is 30.0 Å². The third-order valence-corrected chi connectivity index (χ3v) is 14.2. The van der Waals surface area contributed by atoms with Crippen LogP contribution in [0.15, 0.2) is 91.0 Å². The summed E-state index contributed by atoms with van der Waals surface area (Å²) in [6.07, 6.45) is 1.03. The van der Waals surface area contributed by atoms with Crippen molar-refractivity contribution in [3.05, 3.63) is 153 Å². The van der Waals surface area contributed by atoms with Crippen molar-refractivity contribution in [2.75, 3.05) is 0 Å². The molecule has 6 rings (SSSR count). The molecule has 0 saturated carbocycles. The van der Waals surface area contributed by atoms with Gasteiger partial charge in [-0.1, -0.05) is 110 Å². The van der Waals surface area contributed by atoms with Gasteiger partial charge in [0.15, 0.2) is 0 Å². The number of benzene rings is 4. The summed E-state index contributed by atoms with van der Waals surface area (Å²) in [6, 6.07) is 37.8. The topological polar surface area (TPSA) is 0 Å². The van der Waals surface area contributed by atoms with E-state index in [1.165, 1.54) is 94.2 Å². The molecule has 300 valence electrons. The van der Waals surface area contributed by atoms with E-state index in [1.54, 1.807) is 5.19 Å². The molecule has 0 saturated heterocycles. The first-order chi connectivity index (χ1) is 24.7. The van der Waals surface area contributed by atoms with E-state index in [1.807, 2.05) is 0 Å². The molecule has 0 spiro atoms. The number of hydrogen-bond donors (Lipinski definition) is 0. The van der Waals surface area contributed by atoms with E-state index in [2.05, 4.69) is 214 Å². The van der Waals surface area contributed by atoms with Crippen molar-refractivity contribution in [1.82, 2.24) is 0 Å². The van der Waals surface area contributed by atoms with Gasteiger partial charge in [-0.3, -0.25) is 0 Å². The van der Waals surface area contributed by atoms with Gasteiger partial charge in [0, 0.05) is 8.07 Å². The zero-order valence-corrected chi connectivity index (χ0v) is 42.6. The van der Waals surface area contributed by atoms with Gasteiger partial charge in [0.1, 0.15) is 0 Å². The van der Waals surface area contributed by atoms with E-state index >= 15 is 0 Å². The third-order valence-electron chi connectivity index (χ3n) is 10.7.